The highest BCUT2D eigenvalue weighted by Gasteiger charge is 2.24. The number of carbonyl (C=O) groups is 2. The first-order valence-electron chi connectivity index (χ1n) is 9.70. The van der Waals surface area contributed by atoms with Gasteiger partial charge in [0.25, 0.3) is 0 Å². The van der Waals surface area contributed by atoms with Crippen molar-refractivity contribution in [3.8, 4) is 0 Å². The van der Waals surface area contributed by atoms with Crippen molar-refractivity contribution in [1.29, 1.82) is 0 Å². The van der Waals surface area contributed by atoms with Crippen LogP contribution in [-0.2, 0) is 21.9 Å². The maximum Gasteiger partial charge on any atom is 0.242 e. The average molecular weight is 404 g/mol. The molecule has 7 nitrogen and oxygen atoms in total. The van der Waals surface area contributed by atoms with Crippen LogP contribution in [0.4, 0.5) is 0 Å². The molecular formula is C20H29N5O2S. The van der Waals surface area contributed by atoms with Gasteiger partial charge in [-0.05, 0) is 32.2 Å². The molecule has 152 valence electrons. The molecule has 0 radical (unpaired) electrons. The Bertz CT molecular complexity index is 827. The summed E-state index contributed by atoms with van der Waals surface area (Å²) in [6, 6.07) is 8.11. The standard InChI is InChI=1S/C20H29N5O2S/c1-15(2)21-19(26)12-23-8-10-24(11-9-23)20(27)13-25-17-7-5-4-6-16(17)22-18(25)14-28-3/h4-7,15H,8-14H2,1-3H3,(H,21,26). The van der Waals surface area contributed by atoms with Crippen LogP contribution in [0.15, 0.2) is 24.3 Å². The fourth-order valence-corrected chi connectivity index (χ4v) is 3.98. The molecule has 1 saturated heterocycles. The van der Waals surface area contributed by atoms with Gasteiger partial charge in [-0.15, -0.1) is 0 Å². The number of thioether (sulfide) groups is 1. The topological polar surface area (TPSA) is 70.5 Å². The Morgan fingerprint density at radius 2 is 1.86 bits per heavy atom. The number of para-hydroxylation sites is 2. The van der Waals surface area contributed by atoms with E-state index >= 15 is 0 Å². The second-order valence-corrected chi connectivity index (χ2v) is 8.28. The van der Waals surface area contributed by atoms with Gasteiger partial charge in [-0.25, -0.2) is 4.98 Å². The molecule has 2 amide bonds. The van der Waals surface area contributed by atoms with E-state index < -0.39 is 0 Å². The van der Waals surface area contributed by atoms with Crippen molar-refractivity contribution in [3.05, 3.63) is 30.1 Å². The summed E-state index contributed by atoms with van der Waals surface area (Å²) in [4.78, 5) is 33.5. The van der Waals surface area contributed by atoms with Gasteiger partial charge in [0.15, 0.2) is 0 Å². The molecule has 1 fully saturated rings. The van der Waals surface area contributed by atoms with Crippen LogP contribution in [0, 0.1) is 0 Å². The predicted molar refractivity (Wildman–Crippen MR) is 113 cm³/mol. The molecule has 0 saturated carbocycles. The fraction of sp³-hybridized carbons (Fsp3) is 0.550. The third-order valence-corrected chi connectivity index (χ3v) is 5.39. The number of benzene rings is 1. The molecule has 0 atom stereocenters. The van der Waals surface area contributed by atoms with Crippen molar-refractivity contribution in [2.75, 3.05) is 39.0 Å². The number of hydrogen-bond donors (Lipinski definition) is 1. The number of carbonyl (C=O) groups excluding carboxylic acids is 2. The zero-order chi connectivity index (χ0) is 20.1. The van der Waals surface area contributed by atoms with E-state index in [1.54, 1.807) is 11.8 Å². The van der Waals surface area contributed by atoms with E-state index in [1.807, 2.05) is 53.8 Å². The van der Waals surface area contributed by atoms with Crippen LogP contribution >= 0.6 is 11.8 Å². The third-order valence-electron chi connectivity index (χ3n) is 4.84. The Hall–Kier alpha value is -2.06. The minimum Gasteiger partial charge on any atom is -0.353 e. The van der Waals surface area contributed by atoms with Gasteiger partial charge in [0.1, 0.15) is 12.4 Å². The van der Waals surface area contributed by atoms with E-state index in [1.165, 1.54) is 0 Å². The largest absolute Gasteiger partial charge is 0.353 e. The first-order chi connectivity index (χ1) is 13.5. The van der Waals surface area contributed by atoms with Gasteiger partial charge in [0.05, 0.1) is 23.3 Å². The molecular weight excluding hydrogens is 374 g/mol. The van der Waals surface area contributed by atoms with Crippen molar-refractivity contribution >= 4 is 34.6 Å². The Morgan fingerprint density at radius 1 is 1.14 bits per heavy atom. The van der Waals surface area contributed by atoms with Gasteiger partial charge < -0.3 is 14.8 Å². The van der Waals surface area contributed by atoms with Crippen LogP contribution in [0.25, 0.3) is 11.0 Å². The molecule has 1 aromatic heterocycles. The summed E-state index contributed by atoms with van der Waals surface area (Å²) in [6.07, 6.45) is 2.04. The van der Waals surface area contributed by atoms with E-state index in [0.717, 1.165) is 35.7 Å². The number of hydrogen-bond acceptors (Lipinski definition) is 5. The summed E-state index contributed by atoms with van der Waals surface area (Å²) in [5.74, 6) is 1.87. The zero-order valence-electron chi connectivity index (χ0n) is 16.9. The maximum absolute atomic E-state index is 12.9. The summed E-state index contributed by atoms with van der Waals surface area (Å²) >= 11 is 1.70. The van der Waals surface area contributed by atoms with E-state index in [9.17, 15) is 9.59 Å². The molecule has 3 rings (SSSR count). The molecule has 2 heterocycles. The number of fused-ring (bicyclic) bond motifs is 1. The molecule has 1 aromatic carbocycles. The number of imidazole rings is 1. The minimum atomic E-state index is 0.0429. The predicted octanol–water partition coefficient (Wildman–Crippen LogP) is 1.57. The van der Waals surface area contributed by atoms with Crippen molar-refractivity contribution in [3.63, 3.8) is 0 Å². The minimum absolute atomic E-state index is 0.0429. The first-order valence-corrected chi connectivity index (χ1v) is 11.1. The molecule has 0 bridgehead atoms. The molecule has 1 aliphatic heterocycles. The summed E-state index contributed by atoms with van der Waals surface area (Å²) in [5.41, 5.74) is 1.93. The molecule has 0 unspecified atom stereocenters. The zero-order valence-corrected chi connectivity index (χ0v) is 17.7. The molecule has 8 heteroatoms. The summed E-state index contributed by atoms with van der Waals surface area (Å²) in [7, 11) is 0. The SMILES string of the molecule is CSCc1nc2ccccc2n1CC(=O)N1CCN(CC(=O)NC(C)C)CC1. The third kappa shape index (κ3) is 5.05. The van der Waals surface area contributed by atoms with Gasteiger partial charge in [-0.1, -0.05) is 12.1 Å². The average Bonchev–Trinajstić information content (AvgIpc) is 2.99. The van der Waals surface area contributed by atoms with Crippen LogP contribution in [0.2, 0.25) is 0 Å². The normalized spacial score (nSPS) is 15.4. The number of amides is 2. The summed E-state index contributed by atoms with van der Waals surface area (Å²) < 4.78 is 2.04. The second-order valence-electron chi connectivity index (χ2n) is 7.42. The summed E-state index contributed by atoms with van der Waals surface area (Å²) in [6.45, 7) is 7.36. The molecule has 28 heavy (non-hydrogen) atoms. The first kappa shape index (κ1) is 20.7. The molecule has 0 spiro atoms. The lowest BCUT2D eigenvalue weighted by Crippen LogP contribution is -2.52. The lowest BCUT2D eigenvalue weighted by atomic mass is 10.3. The highest BCUT2D eigenvalue weighted by Crippen LogP contribution is 2.19. The van der Waals surface area contributed by atoms with Crippen molar-refractivity contribution in [1.82, 2.24) is 24.7 Å². The number of rotatable bonds is 7. The molecule has 1 N–H and O–H groups in total. The van der Waals surface area contributed by atoms with Crippen molar-refractivity contribution < 1.29 is 9.59 Å². The number of piperazine rings is 1. The fourth-order valence-electron chi connectivity index (χ4n) is 3.50. The van der Waals surface area contributed by atoms with Crippen LogP contribution in [-0.4, -0.2) is 76.2 Å². The monoisotopic (exact) mass is 403 g/mol. The Kier molecular flexibility index (Phi) is 6.96. The van der Waals surface area contributed by atoms with E-state index in [4.69, 9.17) is 0 Å². The van der Waals surface area contributed by atoms with Gasteiger partial charge in [-0.3, -0.25) is 14.5 Å². The lowest BCUT2D eigenvalue weighted by Gasteiger charge is -2.34. The lowest BCUT2D eigenvalue weighted by molar-refractivity contribution is -0.133. The smallest absolute Gasteiger partial charge is 0.242 e. The van der Waals surface area contributed by atoms with Gasteiger partial charge in [0, 0.05) is 32.2 Å². The Morgan fingerprint density at radius 3 is 2.54 bits per heavy atom. The van der Waals surface area contributed by atoms with Gasteiger partial charge in [0.2, 0.25) is 11.8 Å². The van der Waals surface area contributed by atoms with Crippen molar-refractivity contribution in [2.24, 2.45) is 0 Å². The van der Waals surface area contributed by atoms with Gasteiger partial charge >= 0.3 is 0 Å². The molecule has 0 aliphatic carbocycles. The van der Waals surface area contributed by atoms with Crippen molar-refractivity contribution in [2.45, 2.75) is 32.2 Å². The second kappa shape index (κ2) is 9.43. The van der Waals surface area contributed by atoms with Crippen LogP contribution in [0.5, 0.6) is 0 Å². The highest BCUT2D eigenvalue weighted by atomic mass is 32.2. The van der Waals surface area contributed by atoms with Crippen LogP contribution < -0.4 is 5.32 Å². The van der Waals surface area contributed by atoms with E-state index in [-0.39, 0.29) is 17.9 Å². The maximum atomic E-state index is 12.9. The van der Waals surface area contributed by atoms with Gasteiger partial charge in [-0.2, -0.15) is 11.8 Å². The van der Waals surface area contributed by atoms with Crippen LogP contribution in [0.3, 0.4) is 0 Å². The molecule has 2 aromatic rings. The Labute approximate surface area is 170 Å². The van der Waals surface area contributed by atoms with Crippen LogP contribution in [0.1, 0.15) is 19.7 Å². The number of aromatic nitrogens is 2. The number of nitrogens with zero attached hydrogens (tertiary/aromatic N) is 4. The van der Waals surface area contributed by atoms with E-state index in [2.05, 4.69) is 15.2 Å². The summed E-state index contributed by atoms with van der Waals surface area (Å²) in [5, 5.41) is 2.92. The quantitative estimate of drug-likeness (QED) is 0.760. The number of nitrogens with one attached hydrogen (secondary N) is 1. The Balaban J connectivity index is 1.60. The molecule has 1 aliphatic rings. The van der Waals surface area contributed by atoms with E-state index in [0.29, 0.717) is 26.2 Å². The highest BCUT2D eigenvalue weighted by molar-refractivity contribution is 7.97.